The van der Waals surface area contributed by atoms with Crippen molar-refractivity contribution in [3.63, 3.8) is 0 Å². The van der Waals surface area contributed by atoms with E-state index in [0.717, 1.165) is 23.4 Å². The number of allylic oxidation sites excluding steroid dienone is 1. The lowest BCUT2D eigenvalue weighted by molar-refractivity contribution is -0.417. The molecule has 0 aliphatic carbocycles. The molecule has 0 saturated carbocycles. The molecule has 0 unspecified atom stereocenters. The summed E-state index contributed by atoms with van der Waals surface area (Å²) in [4.78, 5) is 10.9. The molecule has 0 heterocycles. The van der Waals surface area contributed by atoms with Crippen LogP contribution in [0.5, 0.6) is 0 Å². The Bertz CT molecular complexity index is 915. The third-order valence-electron chi connectivity index (χ3n) is 3.39. The number of nitro groups is 1. The Balaban J connectivity index is 2.50. The zero-order valence-electron chi connectivity index (χ0n) is 13.7. The van der Waals surface area contributed by atoms with Crippen molar-refractivity contribution in [2.24, 2.45) is 0 Å². The summed E-state index contributed by atoms with van der Waals surface area (Å²) in [6, 6.07) is 15.0. The molecule has 0 aliphatic rings. The first-order valence-corrected chi connectivity index (χ1v) is 10.0. The van der Waals surface area contributed by atoms with Crippen LogP contribution in [0.2, 0.25) is 0 Å². The van der Waals surface area contributed by atoms with Crippen molar-refractivity contribution in [1.82, 2.24) is 0 Å². The van der Waals surface area contributed by atoms with Gasteiger partial charge in [0.05, 0.1) is 9.82 Å². The molecule has 0 saturated heterocycles. The second-order valence-electron chi connectivity index (χ2n) is 5.22. The summed E-state index contributed by atoms with van der Waals surface area (Å²) in [5, 5.41) is 11.4. The molecule has 0 radical (unpaired) electrons. The molecule has 0 N–H and O–H groups in total. The summed E-state index contributed by atoms with van der Waals surface area (Å²) < 4.78 is 25.3. The van der Waals surface area contributed by atoms with Crippen LogP contribution in [-0.4, -0.2) is 19.6 Å². The molecule has 25 heavy (non-hydrogen) atoms. The van der Waals surface area contributed by atoms with E-state index < -0.39 is 14.8 Å². The van der Waals surface area contributed by atoms with Gasteiger partial charge in [0.2, 0.25) is 9.84 Å². The standard InChI is InChI=1S/C18H17NO4S2/c1-14-8-10-15(11-9-14)12-16(19(20)21)13-18(24-2)25(22,23)17-6-4-3-5-7-17/h3-13H,1-2H3/b16-12+,18-13+. The van der Waals surface area contributed by atoms with Gasteiger partial charge in [-0.05, 0) is 30.9 Å². The lowest BCUT2D eigenvalue weighted by atomic mass is 10.1. The number of hydrogen-bond donors (Lipinski definition) is 0. The largest absolute Gasteiger partial charge is 0.271 e. The highest BCUT2D eigenvalue weighted by Gasteiger charge is 2.22. The Labute approximate surface area is 151 Å². The van der Waals surface area contributed by atoms with Gasteiger partial charge in [-0.25, -0.2) is 8.42 Å². The number of nitrogens with zero attached hydrogens (tertiary/aromatic N) is 1. The summed E-state index contributed by atoms with van der Waals surface area (Å²) in [6.45, 7) is 1.92. The van der Waals surface area contributed by atoms with E-state index in [1.54, 1.807) is 36.6 Å². The fourth-order valence-electron chi connectivity index (χ4n) is 2.06. The van der Waals surface area contributed by atoms with E-state index in [4.69, 9.17) is 0 Å². The summed E-state index contributed by atoms with van der Waals surface area (Å²) in [5.74, 6) is 0. The number of aryl methyl sites for hydroxylation is 1. The van der Waals surface area contributed by atoms with Crippen LogP contribution in [0.4, 0.5) is 0 Å². The normalized spacial score (nSPS) is 12.9. The van der Waals surface area contributed by atoms with Crippen molar-refractivity contribution in [3.8, 4) is 0 Å². The van der Waals surface area contributed by atoms with Gasteiger partial charge in [0.15, 0.2) is 0 Å². The second kappa shape index (κ2) is 8.13. The topological polar surface area (TPSA) is 77.3 Å². The third kappa shape index (κ3) is 4.80. The van der Waals surface area contributed by atoms with Crippen LogP contribution in [-0.2, 0) is 9.84 Å². The van der Waals surface area contributed by atoms with Gasteiger partial charge in [0.1, 0.15) is 4.24 Å². The highest BCUT2D eigenvalue weighted by Crippen LogP contribution is 2.28. The molecule has 0 atom stereocenters. The van der Waals surface area contributed by atoms with Gasteiger partial charge in [-0.1, -0.05) is 48.0 Å². The number of sulfone groups is 1. The van der Waals surface area contributed by atoms with E-state index >= 15 is 0 Å². The molecule has 0 fully saturated rings. The minimum atomic E-state index is -3.80. The molecule has 0 bridgehead atoms. The first kappa shape index (κ1) is 19.0. The lowest BCUT2D eigenvalue weighted by Crippen LogP contribution is -2.05. The third-order valence-corrected chi connectivity index (χ3v) is 6.61. The molecule has 0 spiro atoms. The van der Waals surface area contributed by atoms with Crippen molar-refractivity contribution in [2.75, 3.05) is 6.26 Å². The van der Waals surface area contributed by atoms with E-state index in [1.165, 1.54) is 18.2 Å². The van der Waals surface area contributed by atoms with Gasteiger partial charge in [0, 0.05) is 12.2 Å². The van der Waals surface area contributed by atoms with Gasteiger partial charge in [-0.2, -0.15) is 0 Å². The smallest absolute Gasteiger partial charge is 0.258 e. The van der Waals surface area contributed by atoms with Gasteiger partial charge in [-0.15, -0.1) is 11.8 Å². The predicted octanol–water partition coefficient (Wildman–Crippen LogP) is 4.29. The van der Waals surface area contributed by atoms with Crippen molar-refractivity contribution in [3.05, 3.63) is 91.8 Å². The van der Waals surface area contributed by atoms with Crippen molar-refractivity contribution < 1.29 is 13.3 Å². The van der Waals surface area contributed by atoms with Gasteiger partial charge in [-0.3, -0.25) is 10.1 Å². The van der Waals surface area contributed by atoms with Crippen LogP contribution in [0.15, 0.2) is 75.5 Å². The molecule has 5 nitrogen and oxygen atoms in total. The van der Waals surface area contributed by atoms with E-state index in [0.29, 0.717) is 5.56 Å². The molecule has 0 amide bonds. The minimum absolute atomic E-state index is 0.0752. The molecule has 2 aromatic rings. The fraction of sp³-hybridized carbons (Fsp3) is 0.111. The Kier molecular flexibility index (Phi) is 6.17. The van der Waals surface area contributed by atoms with Crippen LogP contribution < -0.4 is 0 Å². The Morgan fingerprint density at radius 2 is 1.68 bits per heavy atom. The summed E-state index contributed by atoms with van der Waals surface area (Å²) in [6.07, 6.45) is 4.04. The maximum atomic E-state index is 12.7. The van der Waals surface area contributed by atoms with Gasteiger partial charge < -0.3 is 0 Å². The molecule has 2 rings (SSSR count). The highest BCUT2D eigenvalue weighted by atomic mass is 32.3. The Morgan fingerprint density at radius 3 is 2.20 bits per heavy atom. The molecule has 7 heteroatoms. The highest BCUT2D eigenvalue weighted by molar-refractivity contribution is 8.18. The van der Waals surface area contributed by atoms with Crippen LogP contribution >= 0.6 is 11.8 Å². The molecular weight excluding hydrogens is 358 g/mol. The monoisotopic (exact) mass is 375 g/mol. The minimum Gasteiger partial charge on any atom is -0.258 e. The van der Waals surface area contributed by atoms with Gasteiger partial charge >= 0.3 is 0 Å². The Morgan fingerprint density at radius 1 is 1.08 bits per heavy atom. The van der Waals surface area contributed by atoms with Gasteiger partial charge in [0.25, 0.3) is 5.70 Å². The van der Waals surface area contributed by atoms with Crippen molar-refractivity contribution >= 4 is 27.7 Å². The molecule has 0 aromatic heterocycles. The van der Waals surface area contributed by atoms with E-state index in [9.17, 15) is 18.5 Å². The second-order valence-corrected chi connectivity index (χ2v) is 8.25. The van der Waals surface area contributed by atoms with Crippen LogP contribution in [0, 0.1) is 17.0 Å². The quantitative estimate of drug-likeness (QED) is 0.427. The molecule has 130 valence electrons. The number of thioether (sulfide) groups is 1. The number of benzene rings is 2. The average molecular weight is 375 g/mol. The summed E-state index contributed by atoms with van der Waals surface area (Å²) in [5.41, 5.74) is 1.38. The fourth-order valence-corrected chi connectivity index (χ4v) is 4.49. The Hall–Kier alpha value is -2.38. The maximum Gasteiger partial charge on any atom is 0.271 e. The molecular formula is C18H17NO4S2. The SMILES string of the molecule is CS/C(=C\C(=C/c1ccc(C)cc1)[N+](=O)[O-])S(=O)(=O)c1ccccc1. The van der Waals surface area contributed by atoms with Crippen molar-refractivity contribution in [1.29, 1.82) is 0 Å². The lowest BCUT2D eigenvalue weighted by Gasteiger charge is -2.06. The van der Waals surface area contributed by atoms with Crippen LogP contribution in [0.25, 0.3) is 6.08 Å². The number of hydrogen-bond acceptors (Lipinski definition) is 5. The van der Waals surface area contributed by atoms with Crippen LogP contribution in [0.3, 0.4) is 0 Å². The predicted molar refractivity (Wildman–Crippen MR) is 101 cm³/mol. The van der Waals surface area contributed by atoms with E-state index in [2.05, 4.69) is 0 Å². The number of rotatable bonds is 6. The van der Waals surface area contributed by atoms with Crippen LogP contribution in [0.1, 0.15) is 11.1 Å². The zero-order valence-corrected chi connectivity index (χ0v) is 15.4. The van der Waals surface area contributed by atoms with Crippen molar-refractivity contribution in [2.45, 2.75) is 11.8 Å². The van der Waals surface area contributed by atoms with E-state index in [1.807, 2.05) is 19.1 Å². The van der Waals surface area contributed by atoms with E-state index in [-0.39, 0.29) is 14.8 Å². The summed E-state index contributed by atoms with van der Waals surface area (Å²) in [7, 11) is -3.80. The molecule has 2 aromatic carbocycles. The average Bonchev–Trinajstić information content (AvgIpc) is 2.60. The maximum absolute atomic E-state index is 12.7. The first-order chi connectivity index (χ1) is 11.8. The zero-order chi connectivity index (χ0) is 18.4. The summed E-state index contributed by atoms with van der Waals surface area (Å²) >= 11 is 0.958. The first-order valence-electron chi connectivity index (χ1n) is 7.33. The molecule has 0 aliphatic heterocycles.